The molecule has 0 aromatic carbocycles. The van der Waals surface area contributed by atoms with Gasteiger partial charge in [-0.2, -0.15) is 0 Å². The van der Waals surface area contributed by atoms with E-state index in [9.17, 15) is 24.2 Å². The van der Waals surface area contributed by atoms with E-state index in [1.807, 2.05) is 0 Å². The Morgan fingerprint density at radius 1 is 0.508 bits per heavy atom. The fraction of sp³-hybridized carbons (Fsp3) is 0.750. The molecule has 0 amide bonds. The second-order valence-corrected chi connectivity index (χ2v) is 16.9. The summed E-state index contributed by atoms with van der Waals surface area (Å²) < 4.78 is 32.7. The maximum atomic E-state index is 12.6. The van der Waals surface area contributed by atoms with E-state index >= 15 is 0 Å². The molecule has 0 saturated carbocycles. The Hall–Kier alpha value is -2.33. The summed E-state index contributed by atoms with van der Waals surface area (Å²) in [6.45, 7) is 2.31. The highest BCUT2D eigenvalue weighted by molar-refractivity contribution is 7.47. The van der Waals surface area contributed by atoms with Gasteiger partial charge >= 0.3 is 19.8 Å². The monoisotopic (exact) mass is 853 g/mol. The van der Waals surface area contributed by atoms with Crippen LogP contribution >= 0.6 is 7.82 Å². The first-order valence-corrected chi connectivity index (χ1v) is 24.7. The van der Waals surface area contributed by atoms with Gasteiger partial charge in [0.1, 0.15) is 12.7 Å². The van der Waals surface area contributed by atoms with Crippen molar-refractivity contribution < 1.29 is 47.8 Å². The minimum Gasteiger partial charge on any atom is -0.462 e. The summed E-state index contributed by atoms with van der Waals surface area (Å²) in [5.74, 6) is -0.967. The fourth-order valence-corrected chi connectivity index (χ4v) is 6.82. The topological polar surface area (TPSA) is 149 Å². The third-order valence-corrected chi connectivity index (χ3v) is 10.6. The number of phosphoric acid groups is 1. The van der Waals surface area contributed by atoms with E-state index in [1.54, 1.807) is 0 Å². The lowest BCUT2D eigenvalue weighted by molar-refractivity contribution is -0.161. The van der Waals surface area contributed by atoms with Crippen LogP contribution < -0.4 is 0 Å². The summed E-state index contributed by atoms with van der Waals surface area (Å²) in [6, 6.07) is 0. The highest BCUT2D eigenvalue weighted by Gasteiger charge is 2.27. The van der Waals surface area contributed by atoms with Crippen molar-refractivity contribution in [3.05, 3.63) is 60.8 Å². The molecule has 0 saturated heterocycles. The lowest BCUT2D eigenvalue weighted by atomic mass is 10.1. The van der Waals surface area contributed by atoms with E-state index in [4.69, 9.17) is 23.6 Å². The third kappa shape index (κ3) is 43.6. The number of carbonyl (C=O) groups is 2. The Morgan fingerprint density at radius 3 is 1.39 bits per heavy atom. The standard InChI is InChI=1S/C48H85O10P/c1-3-5-7-9-11-13-15-17-19-21-22-24-26-28-30-32-34-36-38-40-48(52)58-46(44-57-59(53,54)56-42-45(50)41-49)43-55-47(51)39-37-35-33-31-29-27-25-23-20-18-16-14-12-10-8-6-4-2/h11,13,17-20,22,24,28,30,45-46,49-50H,3-10,12,14-16,21,23,25-27,29,31-44H2,1-2H3,(H,53,54)/b13-11+,19-17+,20-18+,24-22+,30-28+/t45-,46+/m0/s1. The van der Waals surface area contributed by atoms with Gasteiger partial charge in [-0.25, -0.2) is 4.57 Å². The molecule has 1 unspecified atom stereocenters. The highest BCUT2D eigenvalue weighted by Crippen LogP contribution is 2.43. The van der Waals surface area contributed by atoms with E-state index in [0.29, 0.717) is 12.8 Å². The van der Waals surface area contributed by atoms with Crippen molar-refractivity contribution in [2.45, 2.75) is 206 Å². The van der Waals surface area contributed by atoms with Crippen LogP contribution in [0, 0.1) is 0 Å². The molecule has 0 fully saturated rings. The molecular formula is C48H85O10P. The first-order valence-electron chi connectivity index (χ1n) is 23.2. The van der Waals surface area contributed by atoms with Crippen molar-refractivity contribution in [3.63, 3.8) is 0 Å². The van der Waals surface area contributed by atoms with Crippen molar-refractivity contribution in [3.8, 4) is 0 Å². The van der Waals surface area contributed by atoms with Gasteiger partial charge in [-0.1, -0.05) is 158 Å². The van der Waals surface area contributed by atoms with Crippen LogP contribution in [0.3, 0.4) is 0 Å². The average molecular weight is 853 g/mol. The van der Waals surface area contributed by atoms with E-state index in [1.165, 1.54) is 89.9 Å². The minimum atomic E-state index is -4.63. The molecule has 0 spiro atoms. The highest BCUT2D eigenvalue weighted by atomic mass is 31.2. The van der Waals surface area contributed by atoms with Gasteiger partial charge < -0.3 is 24.6 Å². The average Bonchev–Trinajstić information content (AvgIpc) is 3.22. The van der Waals surface area contributed by atoms with Gasteiger partial charge in [-0.05, 0) is 83.5 Å². The molecule has 0 aliphatic rings. The summed E-state index contributed by atoms with van der Waals surface area (Å²) in [7, 11) is -4.63. The molecule has 0 aromatic heterocycles. The van der Waals surface area contributed by atoms with Gasteiger partial charge in [0, 0.05) is 12.8 Å². The Bertz CT molecular complexity index is 1160. The molecule has 3 N–H and O–H groups in total. The Labute approximate surface area is 359 Å². The minimum absolute atomic E-state index is 0.144. The summed E-state index contributed by atoms with van der Waals surface area (Å²) in [4.78, 5) is 35.1. The number of allylic oxidation sites excluding steroid dienone is 10. The van der Waals surface area contributed by atoms with Crippen LogP contribution in [0.4, 0.5) is 0 Å². The van der Waals surface area contributed by atoms with Gasteiger partial charge in [-0.15, -0.1) is 0 Å². The quantitative estimate of drug-likeness (QED) is 0.0234. The van der Waals surface area contributed by atoms with E-state index < -0.39 is 51.8 Å². The summed E-state index contributed by atoms with van der Waals surface area (Å²) in [5, 5.41) is 18.4. The molecule has 0 rings (SSSR count). The van der Waals surface area contributed by atoms with E-state index in [0.717, 1.165) is 64.2 Å². The molecule has 0 heterocycles. The Balaban J connectivity index is 4.34. The van der Waals surface area contributed by atoms with E-state index in [2.05, 4.69) is 74.6 Å². The molecule has 0 aromatic rings. The number of hydrogen-bond acceptors (Lipinski definition) is 9. The van der Waals surface area contributed by atoms with Crippen LogP contribution in [0.1, 0.15) is 194 Å². The number of hydrogen-bond donors (Lipinski definition) is 3. The predicted octanol–water partition coefficient (Wildman–Crippen LogP) is 12.7. The number of unbranched alkanes of at least 4 members (excludes halogenated alkanes) is 19. The van der Waals surface area contributed by atoms with Crippen LogP contribution in [0.25, 0.3) is 0 Å². The zero-order chi connectivity index (χ0) is 43.3. The molecule has 3 atom stereocenters. The summed E-state index contributed by atoms with van der Waals surface area (Å²) in [6.07, 6.45) is 48.9. The zero-order valence-electron chi connectivity index (χ0n) is 37.2. The van der Waals surface area contributed by atoms with Crippen LogP contribution in [0.5, 0.6) is 0 Å². The largest absolute Gasteiger partial charge is 0.472 e. The molecule has 11 heteroatoms. The normalized spacial score (nSPS) is 14.3. The maximum Gasteiger partial charge on any atom is 0.472 e. The van der Waals surface area contributed by atoms with Gasteiger partial charge in [0.25, 0.3) is 0 Å². The van der Waals surface area contributed by atoms with Gasteiger partial charge in [0.15, 0.2) is 6.10 Å². The first kappa shape index (κ1) is 56.7. The fourth-order valence-electron chi connectivity index (χ4n) is 6.03. The SMILES string of the molecule is CCCCC/C=C/C/C=C/C/C=C/C/C=C/CCCCCC(=O)O[C@H](COC(=O)CCCCCCCCC/C=C/CCCCCCCC)COP(=O)(O)OC[C@@H](O)CO. The van der Waals surface area contributed by atoms with Crippen LogP contribution in [0.15, 0.2) is 60.8 Å². The van der Waals surface area contributed by atoms with Gasteiger partial charge in [-0.3, -0.25) is 18.6 Å². The number of carbonyl (C=O) groups excluding carboxylic acids is 2. The molecule has 342 valence electrons. The molecular weight excluding hydrogens is 767 g/mol. The second kappa shape index (κ2) is 43.7. The number of esters is 2. The maximum absolute atomic E-state index is 12.6. The molecule has 0 radical (unpaired) electrons. The smallest absolute Gasteiger partial charge is 0.462 e. The van der Waals surface area contributed by atoms with Crippen LogP contribution in [0.2, 0.25) is 0 Å². The number of ether oxygens (including phenoxy) is 2. The van der Waals surface area contributed by atoms with Gasteiger partial charge in [0.2, 0.25) is 0 Å². The van der Waals surface area contributed by atoms with E-state index in [-0.39, 0.29) is 19.4 Å². The molecule has 0 aliphatic carbocycles. The zero-order valence-corrected chi connectivity index (χ0v) is 38.1. The lowest BCUT2D eigenvalue weighted by Gasteiger charge is -2.20. The molecule has 10 nitrogen and oxygen atoms in total. The van der Waals surface area contributed by atoms with Crippen LogP contribution in [-0.2, 0) is 32.7 Å². The Kier molecular flexibility index (Phi) is 42.0. The molecule has 0 bridgehead atoms. The number of phosphoric ester groups is 1. The molecule has 0 aliphatic heterocycles. The Morgan fingerprint density at radius 2 is 0.881 bits per heavy atom. The predicted molar refractivity (Wildman–Crippen MR) is 242 cm³/mol. The van der Waals surface area contributed by atoms with Gasteiger partial charge in [0.05, 0.1) is 19.8 Å². The van der Waals surface area contributed by atoms with Crippen molar-refractivity contribution >= 4 is 19.8 Å². The second-order valence-electron chi connectivity index (χ2n) is 15.4. The number of aliphatic hydroxyl groups excluding tert-OH is 2. The van der Waals surface area contributed by atoms with Crippen molar-refractivity contribution in [1.82, 2.24) is 0 Å². The summed E-state index contributed by atoms with van der Waals surface area (Å²) >= 11 is 0. The molecule has 59 heavy (non-hydrogen) atoms. The number of rotatable bonds is 43. The first-order chi connectivity index (χ1) is 28.7. The lowest BCUT2D eigenvalue weighted by Crippen LogP contribution is -2.29. The number of aliphatic hydroxyl groups is 2. The van der Waals surface area contributed by atoms with Crippen LogP contribution in [-0.4, -0.2) is 65.7 Å². The van der Waals surface area contributed by atoms with Crippen molar-refractivity contribution in [2.75, 3.05) is 26.4 Å². The van der Waals surface area contributed by atoms with Crippen molar-refractivity contribution in [2.24, 2.45) is 0 Å². The third-order valence-electron chi connectivity index (χ3n) is 9.64. The van der Waals surface area contributed by atoms with Crippen molar-refractivity contribution in [1.29, 1.82) is 0 Å². The summed E-state index contributed by atoms with van der Waals surface area (Å²) in [5.41, 5.74) is 0.